The van der Waals surface area contributed by atoms with Crippen molar-refractivity contribution in [3.63, 3.8) is 0 Å². The van der Waals surface area contributed by atoms with Gasteiger partial charge in [0.15, 0.2) is 11.4 Å². The number of carbonyl (C=O) groups excluding carboxylic acids is 3. The number of amides is 3. The van der Waals surface area contributed by atoms with Gasteiger partial charge in [-0.2, -0.15) is 20.4 Å². The Kier molecular flexibility index (Phi) is 13.9. The number of nitrogens with two attached hydrogens (primary N) is 1. The zero-order chi connectivity index (χ0) is 47.2. The molecule has 19 heteroatoms. The summed E-state index contributed by atoms with van der Waals surface area (Å²) in [5, 5.41) is 38.6. The molecule has 4 aliphatic rings. The molecule has 7 N–H and O–H groups in total. The summed E-state index contributed by atoms with van der Waals surface area (Å²) in [5.41, 5.74) is 13.0. The highest BCUT2D eigenvalue weighted by atomic mass is 28.3. The number of H-pyrrole nitrogens is 1. The third kappa shape index (κ3) is 11.8. The van der Waals surface area contributed by atoms with Gasteiger partial charge in [-0.1, -0.05) is 80.3 Å². The van der Waals surface area contributed by atoms with E-state index in [1.807, 2.05) is 65.6 Å². The van der Waals surface area contributed by atoms with Gasteiger partial charge in [0.05, 0.1) is 36.9 Å². The molecule has 0 radical (unpaired) electrons. The van der Waals surface area contributed by atoms with Crippen LogP contribution in [0, 0.1) is 0 Å². The van der Waals surface area contributed by atoms with Gasteiger partial charge in [-0.3, -0.25) is 28.8 Å². The standard InChI is InChI=1S/C21H22N6O2.C17H27N3O4Si.C10H11N3/c28-18-7-9-21(24-18)8-6-16-17(10-21)25-26-19(16)20(29)23-15-11-22-27(13-15)12-14-4-2-1-3-5-14;1-25(2,3)9-8-24-11-20-13-10-17(7-5-14(21)18-17)6-4-12(13)15(19-20)16(22)23;11-10-6-12-13(8-10)7-9-4-2-1-3-5-9/h1-5,11,13H,6-10,12H2,(H,23,29)(H,24,28)(H,25,26);4-11H2,1-3H3,(H,18,21)(H,22,23);1-6,8H,7,11H2. The van der Waals surface area contributed by atoms with Crippen molar-refractivity contribution in [3.8, 4) is 0 Å². The van der Waals surface area contributed by atoms with Crippen LogP contribution in [0.25, 0.3) is 0 Å². The average Bonchev–Trinajstić information content (AvgIpc) is 4.18. The number of nitrogens with zero attached hydrogens (tertiary/aromatic N) is 7. The number of rotatable bonds is 12. The highest BCUT2D eigenvalue weighted by Gasteiger charge is 2.44. The molecule has 0 bridgehead atoms. The summed E-state index contributed by atoms with van der Waals surface area (Å²) < 4.78 is 11.1. The van der Waals surface area contributed by atoms with Gasteiger partial charge in [-0.05, 0) is 55.7 Å². The number of carboxylic acid groups (broad SMARTS) is 1. The number of carbonyl (C=O) groups is 4. The van der Waals surface area contributed by atoms with E-state index < -0.39 is 14.0 Å². The largest absolute Gasteiger partial charge is 0.476 e. The number of fused-ring (bicyclic) bond motifs is 2. The summed E-state index contributed by atoms with van der Waals surface area (Å²) in [7, 11) is -1.17. The monoisotopic (exact) mass is 928 g/mol. The molecule has 2 aromatic carbocycles. The Morgan fingerprint density at radius 2 is 1.37 bits per heavy atom. The first kappa shape index (κ1) is 46.7. The fourth-order valence-electron chi connectivity index (χ4n) is 9.27. The number of hydrogen-bond donors (Lipinski definition) is 6. The Labute approximate surface area is 390 Å². The molecule has 3 amide bonds. The minimum absolute atomic E-state index is 0.0827. The van der Waals surface area contributed by atoms with Gasteiger partial charge >= 0.3 is 5.97 Å². The Hall–Kier alpha value is -6.86. The van der Waals surface area contributed by atoms with Crippen molar-refractivity contribution in [2.45, 2.75) is 121 Å². The van der Waals surface area contributed by atoms with Crippen LogP contribution in [0.2, 0.25) is 25.7 Å². The van der Waals surface area contributed by atoms with Crippen molar-refractivity contribution >= 4 is 43.1 Å². The van der Waals surface area contributed by atoms with E-state index in [1.165, 1.54) is 5.56 Å². The lowest BCUT2D eigenvalue weighted by Crippen LogP contribution is -2.46. The molecule has 6 aromatic rings. The number of nitrogens with one attached hydrogen (secondary N) is 4. The summed E-state index contributed by atoms with van der Waals surface area (Å²) in [6.45, 7) is 9.22. The van der Waals surface area contributed by atoms with E-state index in [-0.39, 0.29) is 41.2 Å². The van der Waals surface area contributed by atoms with Gasteiger partial charge in [-0.25, -0.2) is 9.48 Å². The SMILES string of the molecule is C[Si](C)(C)CCOCn1nc(C(=O)O)c2c1CC1(CCC(=O)N1)CC2.Nc1cnn(Cc2ccccc2)c1.O=C1CCC2(CCc3c(C(=O)Nc4cnn(Cc5ccccc5)c4)n[nH]c3C2)N1. The molecule has 10 rings (SSSR count). The lowest BCUT2D eigenvalue weighted by Gasteiger charge is -2.33. The van der Waals surface area contributed by atoms with Crippen LogP contribution in [0.15, 0.2) is 85.5 Å². The minimum Gasteiger partial charge on any atom is -0.476 e. The maximum Gasteiger partial charge on any atom is 0.356 e. The van der Waals surface area contributed by atoms with E-state index in [0.29, 0.717) is 62.3 Å². The number of aromatic carboxylic acids is 1. The average molecular weight is 929 g/mol. The van der Waals surface area contributed by atoms with E-state index in [2.05, 4.69) is 73.2 Å². The van der Waals surface area contributed by atoms with Crippen molar-refractivity contribution in [2.75, 3.05) is 17.7 Å². The zero-order valence-electron chi connectivity index (χ0n) is 38.4. The molecule has 67 heavy (non-hydrogen) atoms. The number of anilines is 2. The number of nitrogen functional groups attached to an aromatic ring is 1. The second-order valence-corrected chi connectivity index (χ2v) is 24.9. The van der Waals surface area contributed by atoms with Crippen LogP contribution in [0.5, 0.6) is 0 Å². The minimum atomic E-state index is -1.17. The van der Waals surface area contributed by atoms with Crippen LogP contribution < -0.4 is 21.7 Å². The van der Waals surface area contributed by atoms with Crippen LogP contribution >= 0.6 is 0 Å². The van der Waals surface area contributed by atoms with E-state index in [4.69, 9.17) is 10.5 Å². The van der Waals surface area contributed by atoms with Gasteiger partial charge in [0, 0.05) is 86.4 Å². The summed E-state index contributed by atoms with van der Waals surface area (Å²) in [6.07, 6.45) is 14.0. The molecular formula is C48H60N12O6Si. The first-order valence-corrected chi connectivity index (χ1v) is 26.6. The first-order valence-electron chi connectivity index (χ1n) is 22.9. The molecule has 2 unspecified atom stereocenters. The highest BCUT2D eigenvalue weighted by molar-refractivity contribution is 6.76. The summed E-state index contributed by atoms with van der Waals surface area (Å²) in [5.74, 6) is -1.05. The maximum atomic E-state index is 12.8. The number of aromatic nitrogens is 8. The van der Waals surface area contributed by atoms with Crippen LogP contribution in [-0.2, 0) is 59.8 Å². The van der Waals surface area contributed by atoms with Crippen molar-refractivity contribution in [1.82, 2.24) is 50.2 Å². The molecule has 2 atom stereocenters. The zero-order valence-corrected chi connectivity index (χ0v) is 39.4. The van der Waals surface area contributed by atoms with Gasteiger partial charge < -0.3 is 31.5 Å². The lowest BCUT2D eigenvalue weighted by molar-refractivity contribution is -0.120. The second kappa shape index (κ2) is 19.9. The molecule has 2 aliphatic carbocycles. The second-order valence-electron chi connectivity index (χ2n) is 19.3. The van der Waals surface area contributed by atoms with E-state index >= 15 is 0 Å². The Morgan fingerprint density at radius 1 is 0.791 bits per heavy atom. The summed E-state index contributed by atoms with van der Waals surface area (Å²) >= 11 is 0. The van der Waals surface area contributed by atoms with Crippen LogP contribution in [-0.4, -0.2) is 94.1 Å². The fourth-order valence-corrected chi connectivity index (χ4v) is 10.0. The number of hydrogen-bond acceptors (Lipinski definition) is 10. The predicted octanol–water partition coefficient (Wildman–Crippen LogP) is 5.59. The van der Waals surface area contributed by atoms with Gasteiger partial charge in [0.1, 0.15) is 6.73 Å². The Balaban J connectivity index is 0.000000146. The van der Waals surface area contributed by atoms with Crippen LogP contribution in [0.4, 0.5) is 11.4 Å². The predicted molar refractivity (Wildman–Crippen MR) is 254 cm³/mol. The summed E-state index contributed by atoms with van der Waals surface area (Å²) in [6, 6.07) is 21.3. The molecule has 18 nitrogen and oxygen atoms in total. The third-order valence-corrected chi connectivity index (χ3v) is 14.6. The van der Waals surface area contributed by atoms with Crippen molar-refractivity contribution in [1.29, 1.82) is 0 Å². The first-order chi connectivity index (χ1) is 32.1. The molecule has 352 valence electrons. The molecule has 2 saturated heterocycles. The lowest BCUT2D eigenvalue weighted by atomic mass is 9.79. The maximum absolute atomic E-state index is 12.8. The fraction of sp³-hybridized carbons (Fsp3) is 0.417. The summed E-state index contributed by atoms with van der Waals surface area (Å²) in [4.78, 5) is 47.6. The van der Waals surface area contributed by atoms with E-state index in [0.717, 1.165) is 72.8 Å². The Bertz CT molecular complexity index is 2700. The van der Waals surface area contributed by atoms with Gasteiger partial charge in [0.25, 0.3) is 5.91 Å². The molecule has 2 spiro atoms. The molecular weight excluding hydrogens is 869 g/mol. The number of aromatic amines is 1. The van der Waals surface area contributed by atoms with Gasteiger partial charge in [0.2, 0.25) is 11.8 Å². The quantitative estimate of drug-likeness (QED) is 0.0653. The smallest absolute Gasteiger partial charge is 0.356 e. The third-order valence-electron chi connectivity index (χ3n) is 12.9. The molecule has 2 aliphatic heterocycles. The normalized spacial score (nSPS) is 19.4. The highest BCUT2D eigenvalue weighted by Crippen LogP contribution is 2.37. The van der Waals surface area contributed by atoms with Gasteiger partial charge in [-0.15, -0.1) is 0 Å². The molecule has 6 heterocycles. The van der Waals surface area contributed by atoms with Crippen LogP contribution in [0.1, 0.15) is 93.1 Å². The van der Waals surface area contributed by atoms with Crippen molar-refractivity contribution in [2.24, 2.45) is 0 Å². The Morgan fingerprint density at radius 3 is 1.94 bits per heavy atom. The number of benzene rings is 2. The molecule has 0 saturated carbocycles. The van der Waals surface area contributed by atoms with Crippen LogP contribution in [0.3, 0.4) is 0 Å². The topological polar surface area (TPSA) is 242 Å². The van der Waals surface area contributed by atoms with E-state index in [9.17, 15) is 24.3 Å². The van der Waals surface area contributed by atoms with Crippen molar-refractivity contribution in [3.05, 3.63) is 130 Å². The number of ether oxygens (including phenoxy) is 1. The molecule has 2 fully saturated rings. The van der Waals surface area contributed by atoms with Crippen molar-refractivity contribution < 1.29 is 29.0 Å². The number of carboxylic acids is 1. The molecule has 4 aromatic heterocycles. The van der Waals surface area contributed by atoms with E-state index in [1.54, 1.807) is 21.8 Å².